The normalized spacial score (nSPS) is 13.1. The lowest BCUT2D eigenvalue weighted by Gasteiger charge is -2.12. The van der Waals surface area contributed by atoms with Crippen LogP contribution in [0.4, 0.5) is 0 Å². The number of aliphatic hydroxyl groups excluding tert-OH is 1. The van der Waals surface area contributed by atoms with E-state index in [9.17, 15) is 18.3 Å². The van der Waals surface area contributed by atoms with E-state index < -0.39 is 37.6 Å². The molecule has 0 fully saturated rings. The molecule has 21 heavy (non-hydrogen) atoms. The minimum Gasteiger partial charge on any atom is -0.478 e. The highest BCUT2D eigenvalue weighted by Crippen LogP contribution is 2.29. The van der Waals surface area contributed by atoms with Gasteiger partial charge in [0, 0.05) is 11.6 Å². The fourth-order valence-corrected chi connectivity index (χ4v) is 3.50. The number of sulfonamides is 1. The van der Waals surface area contributed by atoms with Crippen LogP contribution < -0.4 is 4.72 Å². The molecule has 0 aromatic heterocycles. The van der Waals surface area contributed by atoms with Crippen molar-refractivity contribution < 1.29 is 23.4 Å². The zero-order valence-electron chi connectivity index (χ0n) is 11.1. The minimum atomic E-state index is -4.01. The van der Waals surface area contributed by atoms with Gasteiger partial charge in [0.1, 0.15) is 4.90 Å². The van der Waals surface area contributed by atoms with Crippen LogP contribution in [0.25, 0.3) is 0 Å². The largest absolute Gasteiger partial charge is 0.478 e. The third-order valence-electron chi connectivity index (χ3n) is 2.76. The first-order valence-corrected chi connectivity index (χ1v) is 8.33. The van der Waals surface area contributed by atoms with Crippen LogP contribution in [0.15, 0.2) is 17.0 Å². The molecule has 0 aliphatic heterocycles. The van der Waals surface area contributed by atoms with E-state index in [1.165, 1.54) is 0 Å². The molecule has 3 N–H and O–H groups in total. The maximum Gasteiger partial charge on any atom is 0.337 e. The molecule has 118 valence electrons. The van der Waals surface area contributed by atoms with Gasteiger partial charge < -0.3 is 10.2 Å². The molecule has 9 heteroatoms. The van der Waals surface area contributed by atoms with Crippen molar-refractivity contribution in [3.63, 3.8) is 0 Å². The molecule has 6 nitrogen and oxygen atoms in total. The van der Waals surface area contributed by atoms with Gasteiger partial charge in [-0.2, -0.15) is 0 Å². The Morgan fingerprint density at radius 1 is 1.38 bits per heavy atom. The Morgan fingerprint density at radius 2 is 2.00 bits per heavy atom. The molecule has 0 aliphatic carbocycles. The predicted octanol–water partition coefficient (Wildman–Crippen LogP) is 2.13. The van der Waals surface area contributed by atoms with Crippen molar-refractivity contribution in [1.82, 2.24) is 4.72 Å². The minimum absolute atomic E-state index is 0.00257. The lowest BCUT2D eigenvalue weighted by molar-refractivity contribution is 0.0697. The second kappa shape index (κ2) is 7.42. The highest BCUT2D eigenvalue weighted by molar-refractivity contribution is 7.89. The average Bonchev–Trinajstić information content (AvgIpc) is 2.40. The maximum absolute atomic E-state index is 12.1. The number of carboxylic acid groups (broad SMARTS) is 1. The first-order chi connectivity index (χ1) is 9.69. The fraction of sp³-hybridized carbons (Fsp3) is 0.417. The van der Waals surface area contributed by atoms with Crippen LogP contribution in [0.2, 0.25) is 10.0 Å². The molecule has 0 radical (unpaired) electrons. The van der Waals surface area contributed by atoms with E-state index in [-0.39, 0.29) is 18.0 Å². The van der Waals surface area contributed by atoms with Gasteiger partial charge in [0.05, 0.1) is 16.7 Å². The summed E-state index contributed by atoms with van der Waals surface area (Å²) in [6.07, 6.45) is 0.125. The number of aliphatic hydroxyl groups is 1. The van der Waals surface area contributed by atoms with Crippen molar-refractivity contribution in [1.29, 1.82) is 0 Å². The monoisotopic (exact) mass is 355 g/mol. The molecule has 0 heterocycles. The summed E-state index contributed by atoms with van der Waals surface area (Å²) >= 11 is 11.5. The summed E-state index contributed by atoms with van der Waals surface area (Å²) in [5.74, 6) is -1.37. The van der Waals surface area contributed by atoms with Crippen LogP contribution in [-0.4, -0.2) is 37.2 Å². The number of aromatic carboxylic acids is 1. The zero-order chi connectivity index (χ0) is 16.2. The van der Waals surface area contributed by atoms with E-state index in [1.807, 2.05) is 0 Å². The second-order valence-corrected chi connectivity index (χ2v) is 6.87. The molecule has 1 rings (SSSR count). The number of nitrogens with one attached hydrogen (secondary N) is 1. The molecule has 0 bridgehead atoms. The van der Waals surface area contributed by atoms with Crippen molar-refractivity contribution in [2.75, 3.05) is 6.54 Å². The summed E-state index contributed by atoms with van der Waals surface area (Å²) in [7, 11) is -4.01. The third kappa shape index (κ3) is 4.82. The molecule has 0 aliphatic rings. The van der Waals surface area contributed by atoms with Crippen molar-refractivity contribution in [2.24, 2.45) is 0 Å². The Kier molecular flexibility index (Phi) is 6.42. The molecular weight excluding hydrogens is 341 g/mol. The number of hydrogen-bond donors (Lipinski definition) is 3. The number of hydrogen-bond acceptors (Lipinski definition) is 4. The quantitative estimate of drug-likeness (QED) is 0.694. The molecule has 1 aromatic carbocycles. The smallest absolute Gasteiger partial charge is 0.337 e. The fourth-order valence-electron chi connectivity index (χ4n) is 1.56. The van der Waals surface area contributed by atoms with E-state index >= 15 is 0 Å². The summed E-state index contributed by atoms with van der Waals surface area (Å²) in [6.45, 7) is 1.77. The Hall–Kier alpha value is -0.860. The second-order valence-electron chi connectivity index (χ2n) is 4.32. The first-order valence-electron chi connectivity index (χ1n) is 6.09. The van der Waals surface area contributed by atoms with Crippen LogP contribution in [-0.2, 0) is 10.0 Å². The number of halogens is 2. The Balaban J connectivity index is 3.06. The predicted molar refractivity (Wildman–Crippen MR) is 79.5 cm³/mol. The number of carbonyl (C=O) groups is 1. The molecule has 0 amide bonds. The maximum atomic E-state index is 12.1. The Morgan fingerprint density at radius 3 is 2.52 bits per heavy atom. The molecule has 1 aromatic rings. The summed E-state index contributed by atoms with van der Waals surface area (Å²) in [6, 6.07) is 2.15. The molecule has 0 spiro atoms. The highest BCUT2D eigenvalue weighted by Gasteiger charge is 2.23. The van der Waals surface area contributed by atoms with E-state index in [1.54, 1.807) is 6.92 Å². The van der Waals surface area contributed by atoms with Crippen molar-refractivity contribution in [3.05, 3.63) is 27.7 Å². The standard InChI is InChI=1S/C12H15Cl2NO5S/c1-2-8(16)3-4-15-21(19,20)10-6-7(13)5-9(11(10)14)12(17)18/h5-6,8,15-16H,2-4H2,1H3,(H,17,18). The van der Waals surface area contributed by atoms with E-state index in [4.69, 9.17) is 28.3 Å². The van der Waals surface area contributed by atoms with Crippen molar-refractivity contribution in [2.45, 2.75) is 30.8 Å². The molecular formula is C12H15Cl2NO5S. The molecule has 1 atom stereocenters. The molecule has 1 unspecified atom stereocenters. The van der Waals surface area contributed by atoms with Crippen LogP contribution in [0.1, 0.15) is 30.1 Å². The summed E-state index contributed by atoms with van der Waals surface area (Å²) in [5.41, 5.74) is -0.391. The lowest BCUT2D eigenvalue weighted by Crippen LogP contribution is -2.27. The van der Waals surface area contributed by atoms with E-state index in [0.717, 1.165) is 12.1 Å². The van der Waals surface area contributed by atoms with Gasteiger partial charge in [-0.15, -0.1) is 0 Å². The first kappa shape index (κ1) is 18.2. The topological polar surface area (TPSA) is 104 Å². The van der Waals surface area contributed by atoms with Crippen LogP contribution in [0.3, 0.4) is 0 Å². The molecule has 0 saturated carbocycles. The summed E-state index contributed by atoms with van der Waals surface area (Å²) in [5, 5.41) is 17.9. The van der Waals surface area contributed by atoms with Gasteiger partial charge >= 0.3 is 5.97 Å². The van der Waals surface area contributed by atoms with Gasteiger partial charge in [0.2, 0.25) is 10.0 Å². The van der Waals surface area contributed by atoms with Gasteiger partial charge in [0.25, 0.3) is 0 Å². The highest BCUT2D eigenvalue weighted by atomic mass is 35.5. The average molecular weight is 356 g/mol. The Labute approximate surface area is 132 Å². The zero-order valence-corrected chi connectivity index (χ0v) is 13.5. The number of carboxylic acids is 1. The number of benzene rings is 1. The summed E-state index contributed by atoms with van der Waals surface area (Å²) in [4.78, 5) is 10.6. The van der Waals surface area contributed by atoms with Crippen LogP contribution in [0, 0.1) is 0 Å². The van der Waals surface area contributed by atoms with Crippen molar-refractivity contribution in [3.8, 4) is 0 Å². The Bertz CT molecular complexity index is 633. The number of rotatable bonds is 7. The summed E-state index contributed by atoms with van der Waals surface area (Å²) < 4.78 is 26.5. The van der Waals surface area contributed by atoms with Gasteiger partial charge in [-0.1, -0.05) is 30.1 Å². The van der Waals surface area contributed by atoms with Gasteiger partial charge in [0.15, 0.2) is 0 Å². The molecule has 0 saturated heterocycles. The lowest BCUT2D eigenvalue weighted by atomic mass is 10.2. The van der Waals surface area contributed by atoms with Crippen molar-refractivity contribution >= 4 is 39.2 Å². The van der Waals surface area contributed by atoms with E-state index in [0.29, 0.717) is 6.42 Å². The van der Waals surface area contributed by atoms with E-state index in [2.05, 4.69) is 4.72 Å². The van der Waals surface area contributed by atoms with Gasteiger partial charge in [-0.25, -0.2) is 17.9 Å². The van der Waals surface area contributed by atoms with Gasteiger partial charge in [-0.05, 0) is 25.0 Å². The SMILES string of the molecule is CCC(O)CCNS(=O)(=O)c1cc(Cl)cc(C(=O)O)c1Cl. The van der Waals surface area contributed by atoms with Crippen LogP contribution >= 0.6 is 23.2 Å². The van der Waals surface area contributed by atoms with Crippen LogP contribution in [0.5, 0.6) is 0 Å². The third-order valence-corrected chi connectivity index (χ3v) is 4.99. The van der Waals surface area contributed by atoms with Gasteiger partial charge in [-0.3, -0.25) is 0 Å².